The number of rotatable bonds is 17. The highest BCUT2D eigenvalue weighted by Gasteiger charge is 2.06. The van der Waals surface area contributed by atoms with Gasteiger partial charge < -0.3 is 4.74 Å². The molecule has 2 heteroatoms. The van der Waals surface area contributed by atoms with Crippen molar-refractivity contribution in [3.05, 3.63) is 0 Å². The Kier molecular flexibility index (Phi) is 17.4. The van der Waals surface area contributed by atoms with Crippen molar-refractivity contribution >= 4 is 5.97 Å². The normalized spacial score (nSPS) is 12.3. The minimum absolute atomic E-state index is 0.0155. The van der Waals surface area contributed by atoms with E-state index in [1.807, 2.05) is 13.8 Å². The van der Waals surface area contributed by atoms with E-state index in [0.29, 0.717) is 6.42 Å². The van der Waals surface area contributed by atoms with Gasteiger partial charge in [0.2, 0.25) is 0 Å². The van der Waals surface area contributed by atoms with E-state index in [1.165, 1.54) is 83.5 Å². The molecule has 0 aromatic carbocycles. The van der Waals surface area contributed by atoms with Gasteiger partial charge in [-0.3, -0.25) is 4.79 Å². The smallest absolute Gasteiger partial charge is 0.306 e. The maximum Gasteiger partial charge on any atom is 0.306 e. The summed E-state index contributed by atoms with van der Waals surface area (Å²) in [5.74, 6) is -0.0155. The highest BCUT2D eigenvalue weighted by molar-refractivity contribution is 5.69. The summed E-state index contributed by atoms with van der Waals surface area (Å²) in [6.07, 6.45) is 20.4. The van der Waals surface area contributed by atoms with Crippen LogP contribution >= 0.6 is 0 Å². The fourth-order valence-corrected chi connectivity index (χ4v) is 2.83. The van der Waals surface area contributed by atoms with Crippen molar-refractivity contribution in [2.75, 3.05) is 0 Å². The third-order valence-electron chi connectivity index (χ3n) is 4.64. The molecule has 0 aliphatic carbocycles. The van der Waals surface area contributed by atoms with Crippen LogP contribution in [-0.4, -0.2) is 12.1 Å². The minimum atomic E-state index is -0.0155. The second-order valence-electron chi connectivity index (χ2n) is 7.05. The fraction of sp³-hybridized carbons (Fsp3) is 0.952. The predicted octanol–water partition coefficient (Wildman–Crippen LogP) is 7.20. The van der Waals surface area contributed by atoms with Crippen LogP contribution in [0.1, 0.15) is 124 Å². The lowest BCUT2D eigenvalue weighted by molar-refractivity contribution is -0.148. The molecular formula is C21H42O2. The number of unbranched alkanes of at least 4 members (excludes halogenated alkanes) is 13. The van der Waals surface area contributed by atoms with Crippen molar-refractivity contribution in [1.82, 2.24) is 0 Å². The minimum Gasteiger partial charge on any atom is -0.463 e. The summed E-state index contributed by atoms with van der Waals surface area (Å²) in [7, 11) is 0. The van der Waals surface area contributed by atoms with E-state index < -0.39 is 0 Å². The van der Waals surface area contributed by atoms with Crippen LogP contribution in [0.2, 0.25) is 0 Å². The summed E-state index contributed by atoms with van der Waals surface area (Å²) in [5.41, 5.74) is 0. The van der Waals surface area contributed by atoms with E-state index in [1.54, 1.807) is 0 Å². The van der Waals surface area contributed by atoms with Crippen molar-refractivity contribution in [1.29, 1.82) is 0 Å². The average molecular weight is 327 g/mol. The number of hydrogen-bond donors (Lipinski definition) is 0. The van der Waals surface area contributed by atoms with Crippen LogP contribution in [-0.2, 0) is 9.53 Å². The van der Waals surface area contributed by atoms with Gasteiger partial charge in [-0.25, -0.2) is 0 Å². The van der Waals surface area contributed by atoms with Gasteiger partial charge in [-0.2, -0.15) is 0 Å². The Balaban J connectivity index is 3.12. The highest BCUT2D eigenvalue weighted by atomic mass is 16.5. The van der Waals surface area contributed by atoms with Gasteiger partial charge in [0.1, 0.15) is 0 Å². The molecule has 0 bridgehead atoms. The molecule has 0 rings (SSSR count). The maximum absolute atomic E-state index is 11.5. The quantitative estimate of drug-likeness (QED) is 0.209. The first-order chi connectivity index (χ1) is 11.2. The molecule has 0 saturated heterocycles. The van der Waals surface area contributed by atoms with Crippen LogP contribution in [0.5, 0.6) is 0 Å². The summed E-state index contributed by atoms with van der Waals surface area (Å²) in [4.78, 5) is 11.5. The molecule has 0 aliphatic rings. The molecule has 23 heavy (non-hydrogen) atoms. The lowest BCUT2D eigenvalue weighted by Gasteiger charge is -2.10. The number of carbonyl (C=O) groups is 1. The largest absolute Gasteiger partial charge is 0.463 e. The van der Waals surface area contributed by atoms with Gasteiger partial charge in [-0.15, -0.1) is 0 Å². The molecule has 0 heterocycles. The van der Waals surface area contributed by atoms with E-state index in [0.717, 1.165) is 12.8 Å². The van der Waals surface area contributed by atoms with Crippen LogP contribution in [0, 0.1) is 0 Å². The van der Waals surface area contributed by atoms with Crippen molar-refractivity contribution < 1.29 is 9.53 Å². The third-order valence-corrected chi connectivity index (χ3v) is 4.64. The Hall–Kier alpha value is -0.530. The van der Waals surface area contributed by atoms with E-state index in [9.17, 15) is 4.79 Å². The summed E-state index contributed by atoms with van der Waals surface area (Å²) in [5, 5.41) is 0. The van der Waals surface area contributed by atoms with Gasteiger partial charge in [0, 0.05) is 6.42 Å². The molecule has 0 spiro atoms. The first-order valence-corrected chi connectivity index (χ1v) is 10.4. The Bertz CT molecular complexity index is 250. The molecule has 0 aromatic heterocycles. The molecule has 2 nitrogen and oxygen atoms in total. The van der Waals surface area contributed by atoms with Gasteiger partial charge >= 0.3 is 5.97 Å². The monoisotopic (exact) mass is 326 g/mol. The van der Waals surface area contributed by atoms with Gasteiger partial charge in [-0.05, 0) is 19.8 Å². The molecule has 0 fully saturated rings. The summed E-state index contributed by atoms with van der Waals surface area (Å²) in [6, 6.07) is 0. The van der Waals surface area contributed by atoms with Crippen molar-refractivity contribution in [2.45, 2.75) is 130 Å². The molecule has 0 saturated carbocycles. The maximum atomic E-state index is 11.5. The van der Waals surface area contributed by atoms with Crippen molar-refractivity contribution in [2.24, 2.45) is 0 Å². The topological polar surface area (TPSA) is 26.3 Å². The lowest BCUT2D eigenvalue weighted by Crippen LogP contribution is -2.13. The van der Waals surface area contributed by atoms with Crippen LogP contribution < -0.4 is 0 Å². The first-order valence-electron chi connectivity index (χ1n) is 10.4. The SMILES string of the molecule is CCCCCCCCCCCCCCCCC(=O)OC(C)CC. The van der Waals surface area contributed by atoms with Crippen molar-refractivity contribution in [3.8, 4) is 0 Å². The number of ether oxygens (including phenoxy) is 1. The number of esters is 1. The molecule has 0 aliphatic heterocycles. The first kappa shape index (κ1) is 22.5. The van der Waals surface area contributed by atoms with E-state index in [4.69, 9.17) is 4.74 Å². The predicted molar refractivity (Wildman–Crippen MR) is 101 cm³/mol. The lowest BCUT2D eigenvalue weighted by atomic mass is 10.0. The van der Waals surface area contributed by atoms with E-state index in [-0.39, 0.29) is 12.1 Å². The average Bonchev–Trinajstić information content (AvgIpc) is 2.55. The number of carbonyl (C=O) groups excluding carboxylic acids is 1. The third kappa shape index (κ3) is 17.7. The summed E-state index contributed by atoms with van der Waals surface area (Å²) >= 11 is 0. The zero-order chi connectivity index (χ0) is 17.2. The van der Waals surface area contributed by atoms with Gasteiger partial charge in [0.15, 0.2) is 0 Å². The molecule has 1 atom stereocenters. The van der Waals surface area contributed by atoms with Crippen LogP contribution in [0.4, 0.5) is 0 Å². The van der Waals surface area contributed by atoms with Gasteiger partial charge in [-0.1, -0.05) is 97.3 Å². The van der Waals surface area contributed by atoms with Gasteiger partial charge in [0.05, 0.1) is 6.10 Å². The van der Waals surface area contributed by atoms with Gasteiger partial charge in [0.25, 0.3) is 0 Å². The second-order valence-corrected chi connectivity index (χ2v) is 7.05. The van der Waals surface area contributed by atoms with Crippen LogP contribution in [0.25, 0.3) is 0 Å². The fourth-order valence-electron chi connectivity index (χ4n) is 2.83. The standard InChI is InChI=1S/C21H42O2/c1-4-6-7-8-9-10-11-12-13-14-15-16-17-18-19-21(22)23-20(3)5-2/h20H,4-19H2,1-3H3. The summed E-state index contributed by atoms with van der Waals surface area (Å²) < 4.78 is 5.27. The van der Waals surface area contributed by atoms with E-state index in [2.05, 4.69) is 6.92 Å². The molecule has 0 aromatic rings. The summed E-state index contributed by atoms with van der Waals surface area (Å²) in [6.45, 7) is 6.28. The van der Waals surface area contributed by atoms with E-state index >= 15 is 0 Å². The molecule has 0 N–H and O–H groups in total. The van der Waals surface area contributed by atoms with Crippen LogP contribution in [0.3, 0.4) is 0 Å². The molecule has 0 radical (unpaired) electrons. The second kappa shape index (κ2) is 17.8. The Morgan fingerprint density at radius 1 is 0.696 bits per heavy atom. The highest BCUT2D eigenvalue weighted by Crippen LogP contribution is 2.13. The van der Waals surface area contributed by atoms with Crippen LogP contribution in [0.15, 0.2) is 0 Å². The molecule has 138 valence electrons. The Morgan fingerprint density at radius 3 is 1.48 bits per heavy atom. The Morgan fingerprint density at radius 2 is 1.09 bits per heavy atom. The zero-order valence-electron chi connectivity index (χ0n) is 16.2. The zero-order valence-corrected chi connectivity index (χ0v) is 16.2. The molecular weight excluding hydrogens is 284 g/mol. The Labute approximate surface area is 145 Å². The van der Waals surface area contributed by atoms with Crippen molar-refractivity contribution in [3.63, 3.8) is 0 Å². The molecule has 0 amide bonds. The molecule has 1 unspecified atom stereocenters. The number of hydrogen-bond acceptors (Lipinski definition) is 2.